The topological polar surface area (TPSA) is 67.6 Å². The quantitative estimate of drug-likeness (QED) is 0.635. The summed E-state index contributed by atoms with van der Waals surface area (Å²) >= 11 is 0. The van der Waals surface area contributed by atoms with Crippen LogP contribution in [0.3, 0.4) is 0 Å². The van der Waals surface area contributed by atoms with E-state index in [1.807, 2.05) is 25.2 Å². The van der Waals surface area contributed by atoms with E-state index in [-0.39, 0.29) is 0 Å². The predicted molar refractivity (Wildman–Crippen MR) is 59.3 cm³/mol. The fourth-order valence-corrected chi connectivity index (χ4v) is 1.56. The smallest absolute Gasteiger partial charge is 0.130 e. The lowest BCUT2D eigenvalue weighted by molar-refractivity contribution is 0.557. The molecule has 0 fully saturated rings. The van der Waals surface area contributed by atoms with Crippen molar-refractivity contribution >= 4 is 17.2 Å². The fourth-order valence-electron chi connectivity index (χ4n) is 1.56. The summed E-state index contributed by atoms with van der Waals surface area (Å²) in [5.74, 6) is 0.997. The van der Waals surface area contributed by atoms with Gasteiger partial charge in [0.25, 0.3) is 0 Å². The standard InChI is InChI=1S/C10H14N4/c1-14-5-4-13-10(14)7-2-3-8(11)9(12)6-7/h2-3,6H,4-5,11-12H2,1H3. The largest absolute Gasteiger partial charge is 0.397 e. The first-order valence-corrected chi connectivity index (χ1v) is 4.59. The van der Waals surface area contributed by atoms with E-state index in [1.54, 1.807) is 0 Å². The van der Waals surface area contributed by atoms with Crippen LogP contribution in [-0.4, -0.2) is 30.9 Å². The molecule has 2 rings (SSSR count). The van der Waals surface area contributed by atoms with Crippen molar-refractivity contribution in [2.75, 3.05) is 31.6 Å². The van der Waals surface area contributed by atoms with Gasteiger partial charge in [-0.1, -0.05) is 0 Å². The molecule has 1 aromatic rings. The SMILES string of the molecule is CN1CCN=C1c1ccc(N)c(N)c1. The number of benzene rings is 1. The van der Waals surface area contributed by atoms with Gasteiger partial charge in [0, 0.05) is 19.2 Å². The summed E-state index contributed by atoms with van der Waals surface area (Å²) in [5.41, 5.74) is 13.7. The first kappa shape index (κ1) is 8.87. The Balaban J connectivity index is 2.37. The maximum Gasteiger partial charge on any atom is 0.130 e. The van der Waals surface area contributed by atoms with Crippen LogP contribution >= 0.6 is 0 Å². The van der Waals surface area contributed by atoms with Crippen LogP contribution in [0.1, 0.15) is 5.56 Å². The summed E-state index contributed by atoms with van der Waals surface area (Å²) in [6.45, 7) is 1.83. The molecule has 1 aliphatic rings. The number of anilines is 2. The zero-order chi connectivity index (χ0) is 10.1. The average molecular weight is 190 g/mol. The van der Waals surface area contributed by atoms with Gasteiger partial charge in [-0.15, -0.1) is 0 Å². The minimum absolute atomic E-state index is 0.616. The van der Waals surface area contributed by atoms with Crippen LogP contribution < -0.4 is 11.5 Å². The van der Waals surface area contributed by atoms with Gasteiger partial charge in [-0.2, -0.15) is 0 Å². The summed E-state index contributed by atoms with van der Waals surface area (Å²) in [4.78, 5) is 6.52. The molecule has 4 heteroatoms. The fraction of sp³-hybridized carbons (Fsp3) is 0.300. The van der Waals surface area contributed by atoms with E-state index in [9.17, 15) is 0 Å². The van der Waals surface area contributed by atoms with Crippen LogP contribution in [0.25, 0.3) is 0 Å². The Hall–Kier alpha value is -1.71. The molecule has 1 aromatic carbocycles. The zero-order valence-electron chi connectivity index (χ0n) is 8.20. The molecule has 0 bridgehead atoms. The van der Waals surface area contributed by atoms with Crippen LogP contribution in [-0.2, 0) is 0 Å². The Kier molecular flexibility index (Phi) is 2.04. The highest BCUT2D eigenvalue weighted by molar-refractivity contribution is 6.00. The number of aliphatic imine (C=N–C) groups is 1. The van der Waals surface area contributed by atoms with E-state index in [0.717, 1.165) is 24.5 Å². The maximum atomic E-state index is 5.74. The minimum atomic E-state index is 0.616. The third-order valence-corrected chi connectivity index (χ3v) is 2.40. The van der Waals surface area contributed by atoms with Crippen LogP contribution in [0.15, 0.2) is 23.2 Å². The molecule has 14 heavy (non-hydrogen) atoms. The molecule has 0 radical (unpaired) electrons. The van der Waals surface area contributed by atoms with Crippen molar-refractivity contribution in [2.45, 2.75) is 0 Å². The van der Waals surface area contributed by atoms with Gasteiger partial charge < -0.3 is 16.4 Å². The summed E-state index contributed by atoms with van der Waals surface area (Å²) in [6.07, 6.45) is 0. The van der Waals surface area contributed by atoms with E-state index in [1.165, 1.54) is 0 Å². The van der Waals surface area contributed by atoms with Crippen molar-refractivity contribution in [2.24, 2.45) is 4.99 Å². The van der Waals surface area contributed by atoms with Gasteiger partial charge in [-0.3, -0.25) is 4.99 Å². The molecular formula is C10H14N4. The number of rotatable bonds is 1. The predicted octanol–water partition coefficient (Wildman–Crippen LogP) is 0.543. The number of nitrogens with zero attached hydrogens (tertiary/aromatic N) is 2. The Morgan fingerprint density at radius 1 is 1.29 bits per heavy atom. The van der Waals surface area contributed by atoms with Crippen molar-refractivity contribution < 1.29 is 0 Å². The molecule has 74 valence electrons. The average Bonchev–Trinajstić information content (AvgIpc) is 2.57. The number of nitrogens with two attached hydrogens (primary N) is 2. The molecular weight excluding hydrogens is 176 g/mol. The van der Waals surface area contributed by atoms with Gasteiger partial charge in [-0.25, -0.2) is 0 Å². The van der Waals surface area contributed by atoms with E-state index >= 15 is 0 Å². The highest BCUT2D eigenvalue weighted by atomic mass is 15.2. The first-order chi connectivity index (χ1) is 6.68. The molecule has 1 aliphatic heterocycles. The molecule has 4 nitrogen and oxygen atoms in total. The third kappa shape index (κ3) is 1.39. The molecule has 0 aliphatic carbocycles. The van der Waals surface area contributed by atoms with Crippen LogP contribution in [0.5, 0.6) is 0 Å². The monoisotopic (exact) mass is 190 g/mol. The number of hydrogen-bond acceptors (Lipinski definition) is 4. The zero-order valence-corrected chi connectivity index (χ0v) is 8.20. The lowest BCUT2D eigenvalue weighted by Crippen LogP contribution is -2.23. The van der Waals surface area contributed by atoms with E-state index in [2.05, 4.69) is 9.89 Å². The van der Waals surface area contributed by atoms with Gasteiger partial charge in [0.2, 0.25) is 0 Å². The van der Waals surface area contributed by atoms with Gasteiger partial charge >= 0.3 is 0 Å². The van der Waals surface area contributed by atoms with Gasteiger partial charge in [0.1, 0.15) is 5.84 Å². The van der Waals surface area contributed by atoms with E-state index in [4.69, 9.17) is 11.5 Å². The van der Waals surface area contributed by atoms with Crippen molar-refractivity contribution in [3.05, 3.63) is 23.8 Å². The van der Waals surface area contributed by atoms with Gasteiger partial charge in [0.15, 0.2) is 0 Å². The molecule has 0 unspecified atom stereocenters. The third-order valence-electron chi connectivity index (χ3n) is 2.40. The first-order valence-electron chi connectivity index (χ1n) is 4.59. The highest BCUT2D eigenvalue weighted by Gasteiger charge is 2.14. The van der Waals surface area contributed by atoms with Crippen LogP contribution in [0.4, 0.5) is 11.4 Å². The molecule has 0 spiro atoms. The summed E-state index contributed by atoms with van der Waals surface area (Å²) < 4.78 is 0. The minimum Gasteiger partial charge on any atom is -0.397 e. The molecule has 4 N–H and O–H groups in total. The number of amidine groups is 1. The second-order valence-electron chi connectivity index (χ2n) is 3.47. The molecule has 1 heterocycles. The Labute approximate surface area is 83.2 Å². The molecule has 0 saturated heterocycles. The van der Waals surface area contributed by atoms with Crippen molar-refractivity contribution in [3.8, 4) is 0 Å². The Bertz CT molecular complexity index is 384. The lowest BCUT2D eigenvalue weighted by Gasteiger charge is -2.14. The Morgan fingerprint density at radius 3 is 2.64 bits per heavy atom. The van der Waals surface area contributed by atoms with Crippen molar-refractivity contribution in [3.63, 3.8) is 0 Å². The molecule has 0 amide bonds. The molecule has 0 atom stereocenters. The number of nitrogen functional groups attached to an aromatic ring is 2. The maximum absolute atomic E-state index is 5.74. The second-order valence-corrected chi connectivity index (χ2v) is 3.47. The van der Waals surface area contributed by atoms with Crippen molar-refractivity contribution in [1.29, 1.82) is 0 Å². The van der Waals surface area contributed by atoms with E-state index in [0.29, 0.717) is 11.4 Å². The summed E-state index contributed by atoms with van der Waals surface area (Å²) in [6, 6.07) is 5.64. The second kappa shape index (κ2) is 3.21. The van der Waals surface area contributed by atoms with E-state index < -0.39 is 0 Å². The lowest BCUT2D eigenvalue weighted by atomic mass is 10.1. The van der Waals surface area contributed by atoms with Crippen molar-refractivity contribution in [1.82, 2.24) is 4.90 Å². The highest BCUT2D eigenvalue weighted by Crippen LogP contribution is 2.18. The number of likely N-dealkylation sites (N-methyl/N-ethyl adjacent to an activating group) is 1. The Morgan fingerprint density at radius 2 is 2.07 bits per heavy atom. The van der Waals surface area contributed by atoms with Gasteiger partial charge in [-0.05, 0) is 18.2 Å². The summed E-state index contributed by atoms with van der Waals surface area (Å²) in [5, 5.41) is 0. The van der Waals surface area contributed by atoms with Gasteiger partial charge in [0.05, 0.1) is 17.9 Å². The normalized spacial score (nSPS) is 15.8. The van der Waals surface area contributed by atoms with Crippen LogP contribution in [0.2, 0.25) is 0 Å². The molecule has 0 aromatic heterocycles. The summed E-state index contributed by atoms with van der Waals surface area (Å²) in [7, 11) is 2.03. The molecule has 0 saturated carbocycles. The number of hydrogen-bond donors (Lipinski definition) is 2. The van der Waals surface area contributed by atoms with Crippen LogP contribution in [0, 0.1) is 0 Å².